The highest BCUT2D eigenvalue weighted by atomic mass is 32.2. The lowest BCUT2D eigenvalue weighted by molar-refractivity contribution is -0.139. The molecule has 2 unspecified atom stereocenters. The second-order valence-corrected chi connectivity index (χ2v) is 11.9. The Morgan fingerprint density at radius 1 is 0.902 bits per heavy atom. The Morgan fingerprint density at radius 3 is 2.10 bits per heavy atom. The van der Waals surface area contributed by atoms with E-state index in [1.807, 2.05) is 58.0 Å². The molecule has 2 atom stereocenters. The Labute approximate surface area is 244 Å². The van der Waals surface area contributed by atoms with Crippen molar-refractivity contribution in [2.24, 2.45) is 0 Å². The van der Waals surface area contributed by atoms with Gasteiger partial charge in [-0.1, -0.05) is 61.9 Å². The van der Waals surface area contributed by atoms with Crippen molar-refractivity contribution in [2.45, 2.75) is 63.9 Å². The summed E-state index contributed by atoms with van der Waals surface area (Å²) in [6.07, 6.45) is 1.66. The van der Waals surface area contributed by atoms with Crippen LogP contribution in [0.1, 0.15) is 44.7 Å². The normalized spacial score (nSPS) is 12.7. The molecule has 2 amide bonds. The van der Waals surface area contributed by atoms with Gasteiger partial charge in [-0.25, -0.2) is 8.42 Å². The molecule has 0 aliphatic carbocycles. The summed E-state index contributed by atoms with van der Waals surface area (Å²) in [4.78, 5) is 29.0. The molecule has 220 valence electrons. The summed E-state index contributed by atoms with van der Waals surface area (Å²) in [5, 5.41) is 3.00. The number of carbonyl (C=O) groups is 2. The Bertz CT molecular complexity index is 1380. The highest BCUT2D eigenvalue weighted by Crippen LogP contribution is 2.26. The van der Waals surface area contributed by atoms with E-state index in [1.54, 1.807) is 36.4 Å². The quantitative estimate of drug-likeness (QED) is 0.291. The zero-order valence-electron chi connectivity index (χ0n) is 24.5. The van der Waals surface area contributed by atoms with E-state index < -0.39 is 28.5 Å². The topological polar surface area (TPSA) is 96.0 Å². The van der Waals surface area contributed by atoms with Crippen molar-refractivity contribution in [1.82, 2.24) is 10.2 Å². The first-order valence-corrected chi connectivity index (χ1v) is 15.4. The molecule has 41 heavy (non-hydrogen) atoms. The third-order valence-electron chi connectivity index (χ3n) is 7.12. The van der Waals surface area contributed by atoms with Crippen LogP contribution in [-0.2, 0) is 26.0 Å². The van der Waals surface area contributed by atoms with Crippen molar-refractivity contribution >= 4 is 27.5 Å². The van der Waals surface area contributed by atoms with Crippen LogP contribution in [0.2, 0.25) is 0 Å². The van der Waals surface area contributed by atoms with Crippen LogP contribution in [0, 0.1) is 6.92 Å². The van der Waals surface area contributed by atoms with Gasteiger partial charge in [0.1, 0.15) is 18.3 Å². The van der Waals surface area contributed by atoms with Crippen LogP contribution in [0.15, 0.2) is 83.8 Å². The monoisotopic (exact) mass is 579 g/mol. The fourth-order valence-corrected chi connectivity index (χ4v) is 5.87. The first-order valence-electron chi connectivity index (χ1n) is 14.0. The summed E-state index contributed by atoms with van der Waals surface area (Å²) in [6.45, 7) is 7.47. The number of amides is 2. The molecule has 0 saturated heterocycles. The number of ether oxygens (including phenoxy) is 1. The number of hydrogen-bond acceptors (Lipinski definition) is 5. The second kappa shape index (κ2) is 14.7. The molecule has 0 aromatic heterocycles. The minimum absolute atomic E-state index is 0.0315. The van der Waals surface area contributed by atoms with E-state index in [0.717, 1.165) is 21.9 Å². The van der Waals surface area contributed by atoms with Gasteiger partial charge in [-0.2, -0.15) is 0 Å². The molecule has 3 aromatic rings. The minimum Gasteiger partial charge on any atom is -0.497 e. The number of nitrogens with zero attached hydrogens (tertiary/aromatic N) is 2. The van der Waals surface area contributed by atoms with Gasteiger partial charge in [0.2, 0.25) is 11.8 Å². The molecule has 0 spiro atoms. The minimum atomic E-state index is -4.13. The highest BCUT2D eigenvalue weighted by molar-refractivity contribution is 7.92. The molecule has 3 rings (SSSR count). The van der Waals surface area contributed by atoms with Gasteiger partial charge in [0.05, 0.1) is 17.7 Å². The van der Waals surface area contributed by atoms with Gasteiger partial charge in [-0.3, -0.25) is 13.9 Å². The summed E-state index contributed by atoms with van der Waals surface area (Å²) < 4.78 is 34.2. The summed E-state index contributed by atoms with van der Waals surface area (Å²) in [5.41, 5.74) is 2.34. The van der Waals surface area contributed by atoms with Crippen LogP contribution >= 0.6 is 0 Å². The number of hydrogen-bond donors (Lipinski definition) is 1. The van der Waals surface area contributed by atoms with Crippen LogP contribution in [0.4, 0.5) is 5.69 Å². The van der Waals surface area contributed by atoms with Gasteiger partial charge in [0.25, 0.3) is 10.0 Å². The molecular formula is C32H41N3O5S. The van der Waals surface area contributed by atoms with E-state index in [4.69, 9.17) is 4.74 Å². The lowest BCUT2D eigenvalue weighted by Gasteiger charge is -2.33. The van der Waals surface area contributed by atoms with E-state index in [-0.39, 0.29) is 23.4 Å². The average molecular weight is 580 g/mol. The first kappa shape index (κ1) is 31.7. The number of methoxy groups -OCH3 is 1. The molecule has 1 N–H and O–H groups in total. The van der Waals surface area contributed by atoms with Gasteiger partial charge >= 0.3 is 0 Å². The lowest BCUT2D eigenvalue weighted by atomic mass is 10.1. The summed E-state index contributed by atoms with van der Waals surface area (Å²) in [7, 11) is -2.63. The Balaban J connectivity index is 2.00. The molecule has 0 heterocycles. The number of nitrogens with one attached hydrogen (secondary N) is 1. The Kier molecular flexibility index (Phi) is 11.3. The van der Waals surface area contributed by atoms with Crippen molar-refractivity contribution in [1.29, 1.82) is 0 Å². The lowest BCUT2D eigenvalue weighted by Crippen LogP contribution is -2.54. The van der Waals surface area contributed by atoms with Gasteiger partial charge in [-0.15, -0.1) is 0 Å². The van der Waals surface area contributed by atoms with Crippen molar-refractivity contribution in [3.8, 4) is 5.75 Å². The molecule has 0 saturated carbocycles. The number of aryl methyl sites for hydroxylation is 1. The Hall–Kier alpha value is -3.85. The molecule has 3 aromatic carbocycles. The van der Waals surface area contributed by atoms with Crippen LogP contribution < -0.4 is 14.4 Å². The van der Waals surface area contributed by atoms with Crippen molar-refractivity contribution in [2.75, 3.05) is 24.5 Å². The first-order chi connectivity index (χ1) is 19.6. The van der Waals surface area contributed by atoms with Gasteiger partial charge in [0, 0.05) is 12.6 Å². The number of benzene rings is 3. The fraction of sp³-hybridized carbons (Fsp3) is 0.375. The van der Waals surface area contributed by atoms with Crippen LogP contribution in [0.5, 0.6) is 5.75 Å². The molecule has 0 aliphatic heterocycles. The highest BCUT2D eigenvalue weighted by Gasteiger charge is 2.33. The zero-order chi connectivity index (χ0) is 30.0. The van der Waals surface area contributed by atoms with E-state index in [1.165, 1.54) is 24.1 Å². The Morgan fingerprint density at radius 2 is 1.54 bits per heavy atom. The van der Waals surface area contributed by atoms with Gasteiger partial charge in [0.15, 0.2) is 0 Å². The molecule has 0 radical (unpaired) electrons. The van der Waals surface area contributed by atoms with Crippen LogP contribution in [-0.4, -0.2) is 57.4 Å². The maximum Gasteiger partial charge on any atom is 0.264 e. The molecule has 8 nitrogen and oxygen atoms in total. The maximum absolute atomic E-state index is 14.1. The number of carbonyl (C=O) groups excluding carboxylic acids is 2. The van der Waals surface area contributed by atoms with E-state index in [9.17, 15) is 18.0 Å². The second-order valence-electron chi connectivity index (χ2n) is 10.1. The van der Waals surface area contributed by atoms with E-state index >= 15 is 0 Å². The predicted molar refractivity (Wildman–Crippen MR) is 163 cm³/mol. The third-order valence-corrected chi connectivity index (χ3v) is 8.91. The maximum atomic E-state index is 14.1. The predicted octanol–water partition coefficient (Wildman–Crippen LogP) is 4.96. The van der Waals surface area contributed by atoms with Gasteiger partial charge < -0.3 is 15.0 Å². The number of sulfonamides is 1. The summed E-state index contributed by atoms with van der Waals surface area (Å²) in [6, 6.07) is 21.9. The molecule has 0 bridgehead atoms. The zero-order valence-corrected chi connectivity index (χ0v) is 25.4. The third kappa shape index (κ3) is 8.33. The van der Waals surface area contributed by atoms with Crippen LogP contribution in [0.25, 0.3) is 0 Å². The molecule has 0 fully saturated rings. The number of rotatable bonds is 14. The van der Waals surface area contributed by atoms with Crippen molar-refractivity contribution in [3.05, 3.63) is 90.0 Å². The smallest absolute Gasteiger partial charge is 0.264 e. The summed E-state index contributed by atoms with van der Waals surface area (Å²) >= 11 is 0. The number of anilines is 1. The molecular weight excluding hydrogens is 538 g/mol. The van der Waals surface area contributed by atoms with Gasteiger partial charge in [-0.05, 0) is 75.1 Å². The van der Waals surface area contributed by atoms with Crippen molar-refractivity contribution < 1.29 is 22.7 Å². The molecule has 9 heteroatoms. The van der Waals surface area contributed by atoms with Crippen molar-refractivity contribution in [3.63, 3.8) is 0 Å². The van der Waals surface area contributed by atoms with E-state index in [0.29, 0.717) is 24.3 Å². The molecule has 0 aliphatic rings. The average Bonchev–Trinajstić information content (AvgIpc) is 2.98. The largest absolute Gasteiger partial charge is 0.497 e. The standard InChI is InChI=1S/C32H41N3O5S/c1-6-25(4)33-32(37)30(7-2)34(22-21-26-11-9-8-10-12-26)31(36)23-35(27-15-13-24(3)14-16-27)41(38,39)29-19-17-28(40-5)18-20-29/h8-20,25,30H,6-7,21-23H2,1-5H3,(H,33,37). The fourth-order valence-electron chi connectivity index (χ4n) is 4.45. The van der Waals surface area contributed by atoms with Crippen LogP contribution in [0.3, 0.4) is 0 Å². The van der Waals surface area contributed by atoms with E-state index in [2.05, 4.69) is 5.32 Å². The summed E-state index contributed by atoms with van der Waals surface area (Å²) in [5.74, 6) is -0.181. The SMILES string of the molecule is CCC(C)NC(=O)C(CC)N(CCc1ccccc1)C(=O)CN(c1ccc(C)cc1)S(=O)(=O)c1ccc(OC)cc1.